The van der Waals surface area contributed by atoms with Crippen LogP contribution in [0.4, 0.5) is 19.3 Å². The zero-order valence-electron chi connectivity index (χ0n) is 12.3. The van der Waals surface area contributed by atoms with Crippen molar-refractivity contribution >= 4 is 11.7 Å². The van der Waals surface area contributed by atoms with E-state index in [1.54, 1.807) is 20.8 Å². The summed E-state index contributed by atoms with van der Waals surface area (Å²) < 4.78 is 32.9. The highest BCUT2D eigenvalue weighted by Gasteiger charge is 2.20. The number of aliphatic hydroxyl groups excluding tert-OH is 1. The molecule has 0 spiro atoms. The van der Waals surface area contributed by atoms with E-state index in [2.05, 4.69) is 10.6 Å². The van der Waals surface area contributed by atoms with E-state index in [0.717, 1.165) is 12.1 Å². The number of carbonyl (C=O) groups is 1. The minimum absolute atomic E-state index is 0.0206. The van der Waals surface area contributed by atoms with Crippen molar-refractivity contribution in [2.75, 3.05) is 18.5 Å². The van der Waals surface area contributed by atoms with E-state index >= 15 is 0 Å². The summed E-state index contributed by atoms with van der Waals surface area (Å²) in [6, 6.07) is 1.36. The Kier molecular flexibility index (Phi) is 5.90. The van der Waals surface area contributed by atoms with Gasteiger partial charge in [0.15, 0.2) is 17.4 Å². The number of rotatable bonds is 5. The molecule has 5 nitrogen and oxygen atoms in total. The van der Waals surface area contributed by atoms with Crippen molar-refractivity contribution in [3.8, 4) is 5.75 Å². The molecule has 0 fully saturated rings. The first-order chi connectivity index (χ1) is 9.73. The fourth-order valence-corrected chi connectivity index (χ4v) is 1.49. The molecule has 0 unspecified atom stereocenters. The van der Waals surface area contributed by atoms with Crippen LogP contribution in [0.3, 0.4) is 0 Å². The van der Waals surface area contributed by atoms with E-state index in [1.165, 1.54) is 0 Å². The number of nitrogens with one attached hydrogen (secondary N) is 2. The summed E-state index contributed by atoms with van der Waals surface area (Å²) in [4.78, 5) is 11.4. The van der Waals surface area contributed by atoms with Crippen LogP contribution in [-0.4, -0.2) is 29.9 Å². The van der Waals surface area contributed by atoms with Gasteiger partial charge >= 0.3 is 6.03 Å². The van der Waals surface area contributed by atoms with Crippen molar-refractivity contribution in [2.45, 2.75) is 32.8 Å². The van der Waals surface area contributed by atoms with Gasteiger partial charge in [-0.05, 0) is 27.2 Å². The average molecular weight is 302 g/mol. The number of hydrogen-bond acceptors (Lipinski definition) is 3. The first kappa shape index (κ1) is 17.2. The molecule has 118 valence electrons. The molecule has 1 aromatic rings. The van der Waals surface area contributed by atoms with Gasteiger partial charge in [0.1, 0.15) is 5.60 Å². The Morgan fingerprint density at radius 3 is 2.33 bits per heavy atom. The topological polar surface area (TPSA) is 70.6 Å². The molecule has 0 heterocycles. The second-order valence-electron chi connectivity index (χ2n) is 5.44. The van der Waals surface area contributed by atoms with Gasteiger partial charge in [-0.1, -0.05) is 0 Å². The van der Waals surface area contributed by atoms with Crippen molar-refractivity contribution in [1.29, 1.82) is 0 Å². The monoisotopic (exact) mass is 302 g/mol. The minimum atomic E-state index is -0.893. The predicted molar refractivity (Wildman–Crippen MR) is 75.5 cm³/mol. The normalized spacial score (nSPS) is 11.1. The number of benzene rings is 1. The van der Waals surface area contributed by atoms with Crippen LogP contribution in [0.5, 0.6) is 5.75 Å². The number of urea groups is 1. The molecule has 7 heteroatoms. The molecule has 21 heavy (non-hydrogen) atoms. The van der Waals surface area contributed by atoms with Crippen LogP contribution in [0.15, 0.2) is 12.1 Å². The maximum atomic E-state index is 13.8. The lowest BCUT2D eigenvalue weighted by molar-refractivity contribution is 0.117. The number of aliphatic hydroxyl groups is 1. The standard InChI is InChI=1S/C14H20F2N2O3/c1-14(2,3)21-12-10(15)7-9(8-11(12)16)18-13(20)17-5-4-6-19/h7-8,19H,4-6H2,1-3H3,(H2,17,18,20). The van der Waals surface area contributed by atoms with Crippen LogP contribution in [-0.2, 0) is 0 Å². The highest BCUT2D eigenvalue weighted by Crippen LogP contribution is 2.28. The molecular formula is C14H20F2N2O3. The molecule has 1 rings (SSSR count). The van der Waals surface area contributed by atoms with E-state index in [-0.39, 0.29) is 18.8 Å². The summed E-state index contributed by atoms with van der Waals surface area (Å²) in [6.45, 7) is 5.23. The third-order valence-corrected chi connectivity index (χ3v) is 2.28. The van der Waals surface area contributed by atoms with Gasteiger partial charge in [0.05, 0.1) is 0 Å². The maximum Gasteiger partial charge on any atom is 0.319 e. The SMILES string of the molecule is CC(C)(C)Oc1c(F)cc(NC(=O)NCCCO)cc1F. The molecular weight excluding hydrogens is 282 g/mol. The Bertz CT molecular complexity index is 478. The van der Waals surface area contributed by atoms with Crippen molar-refractivity contribution in [2.24, 2.45) is 0 Å². The van der Waals surface area contributed by atoms with Crippen LogP contribution in [0.2, 0.25) is 0 Å². The number of ether oxygens (including phenoxy) is 1. The van der Waals surface area contributed by atoms with E-state index in [1.807, 2.05) is 0 Å². The average Bonchev–Trinajstić information content (AvgIpc) is 2.33. The van der Waals surface area contributed by atoms with Gasteiger partial charge in [-0.3, -0.25) is 0 Å². The second kappa shape index (κ2) is 7.21. The Hall–Kier alpha value is -1.89. The molecule has 0 atom stereocenters. The molecule has 2 amide bonds. The Labute approximate surface area is 122 Å². The van der Waals surface area contributed by atoms with E-state index in [0.29, 0.717) is 6.42 Å². The number of halogens is 2. The highest BCUT2D eigenvalue weighted by atomic mass is 19.1. The molecule has 0 aliphatic heterocycles. The van der Waals surface area contributed by atoms with Gasteiger partial charge in [-0.25, -0.2) is 13.6 Å². The van der Waals surface area contributed by atoms with E-state index in [9.17, 15) is 13.6 Å². The van der Waals surface area contributed by atoms with Crippen molar-refractivity contribution in [1.82, 2.24) is 5.32 Å². The summed E-state index contributed by atoms with van der Waals surface area (Å²) in [5.74, 6) is -2.26. The first-order valence-electron chi connectivity index (χ1n) is 6.56. The number of hydrogen-bond donors (Lipinski definition) is 3. The van der Waals surface area contributed by atoms with Gasteiger partial charge in [0.25, 0.3) is 0 Å². The fourth-order valence-electron chi connectivity index (χ4n) is 1.49. The Balaban J connectivity index is 2.76. The lowest BCUT2D eigenvalue weighted by Gasteiger charge is -2.22. The summed E-state index contributed by atoms with van der Waals surface area (Å²) >= 11 is 0. The molecule has 0 aliphatic carbocycles. The third-order valence-electron chi connectivity index (χ3n) is 2.28. The van der Waals surface area contributed by atoms with Crippen molar-refractivity contribution in [3.05, 3.63) is 23.8 Å². The van der Waals surface area contributed by atoms with Crippen molar-refractivity contribution in [3.63, 3.8) is 0 Å². The van der Waals surface area contributed by atoms with Gasteiger partial charge in [-0.2, -0.15) is 0 Å². The minimum Gasteiger partial charge on any atom is -0.482 e. The van der Waals surface area contributed by atoms with Gasteiger partial charge in [0, 0.05) is 31.0 Å². The lowest BCUT2D eigenvalue weighted by atomic mass is 10.2. The smallest absolute Gasteiger partial charge is 0.319 e. The quantitative estimate of drug-likeness (QED) is 0.732. The largest absolute Gasteiger partial charge is 0.482 e. The number of amides is 2. The number of anilines is 1. The van der Waals surface area contributed by atoms with Crippen LogP contribution < -0.4 is 15.4 Å². The van der Waals surface area contributed by atoms with Gasteiger partial charge < -0.3 is 20.5 Å². The zero-order valence-corrected chi connectivity index (χ0v) is 12.3. The highest BCUT2D eigenvalue weighted by molar-refractivity contribution is 5.89. The molecule has 0 saturated carbocycles. The molecule has 0 saturated heterocycles. The van der Waals surface area contributed by atoms with Crippen LogP contribution in [0, 0.1) is 11.6 Å². The first-order valence-corrected chi connectivity index (χ1v) is 6.56. The van der Waals surface area contributed by atoms with Crippen LogP contribution in [0.25, 0.3) is 0 Å². The van der Waals surface area contributed by atoms with Crippen LogP contribution in [0.1, 0.15) is 27.2 Å². The maximum absolute atomic E-state index is 13.8. The van der Waals surface area contributed by atoms with Gasteiger partial charge in [0.2, 0.25) is 0 Å². The second-order valence-corrected chi connectivity index (χ2v) is 5.44. The Morgan fingerprint density at radius 2 is 1.86 bits per heavy atom. The van der Waals surface area contributed by atoms with Crippen LogP contribution >= 0.6 is 0 Å². The zero-order chi connectivity index (χ0) is 16.0. The molecule has 1 aromatic carbocycles. The molecule has 0 bridgehead atoms. The summed E-state index contributed by atoms with van der Waals surface area (Å²) in [6.07, 6.45) is 0.397. The third kappa shape index (κ3) is 5.95. The summed E-state index contributed by atoms with van der Waals surface area (Å²) in [7, 11) is 0. The fraction of sp³-hybridized carbons (Fsp3) is 0.500. The van der Waals surface area contributed by atoms with Gasteiger partial charge in [-0.15, -0.1) is 0 Å². The summed E-state index contributed by atoms with van der Waals surface area (Å²) in [5.41, 5.74) is -0.758. The molecule has 0 aliphatic rings. The predicted octanol–water partition coefficient (Wildman–Crippen LogP) is 2.65. The molecule has 0 radical (unpaired) electrons. The molecule has 0 aromatic heterocycles. The Morgan fingerprint density at radius 1 is 1.29 bits per heavy atom. The summed E-state index contributed by atoms with van der Waals surface area (Å²) in [5, 5.41) is 13.3. The van der Waals surface area contributed by atoms with E-state index in [4.69, 9.17) is 9.84 Å². The molecule has 3 N–H and O–H groups in total. The van der Waals surface area contributed by atoms with E-state index < -0.39 is 29.0 Å². The van der Waals surface area contributed by atoms with Crippen molar-refractivity contribution < 1.29 is 23.4 Å². The number of carbonyl (C=O) groups excluding carboxylic acids is 1. The lowest BCUT2D eigenvalue weighted by Crippen LogP contribution is -2.30.